The highest BCUT2D eigenvalue weighted by molar-refractivity contribution is 7.89. The maximum atomic E-state index is 14.6. The molecule has 1 saturated heterocycles. The number of pyridine rings is 1. The third-order valence-electron chi connectivity index (χ3n) is 7.72. The molecule has 2 aromatic heterocycles. The Morgan fingerprint density at radius 1 is 1.05 bits per heavy atom. The first kappa shape index (κ1) is 29.8. The second kappa shape index (κ2) is 13.1. The number of piperazine rings is 1. The number of amides is 1. The second-order valence-corrected chi connectivity index (χ2v) is 12.4. The lowest BCUT2D eigenvalue weighted by molar-refractivity contribution is -0.121. The Morgan fingerprint density at radius 3 is 2.62 bits per heavy atom. The molecule has 42 heavy (non-hydrogen) atoms. The van der Waals surface area contributed by atoms with Gasteiger partial charge in [0.15, 0.2) is 0 Å². The first-order valence-electron chi connectivity index (χ1n) is 14.5. The molecule has 0 bridgehead atoms. The van der Waals surface area contributed by atoms with Crippen molar-refractivity contribution in [3.8, 4) is 11.4 Å². The maximum Gasteiger partial charge on any atom is 0.246 e. The third-order valence-corrected chi connectivity index (χ3v) is 9.66. The van der Waals surface area contributed by atoms with Crippen LogP contribution in [0.1, 0.15) is 39.5 Å². The smallest absolute Gasteiger partial charge is 0.246 e. The molecule has 0 radical (unpaired) electrons. The van der Waals surface area contributed by atoms with E-state index in [0.29, 0.717) is 24.3 Å². The molecule has 1 aliphatic rings. The Balaban J connectivity index is 1.42. The molecule has 5 rings (SSSR count). The summed E-state index contributed by atoms with van der Waals surface area (Å²) in [4.78, 5) is 24.5. The van der Waals surface area contributed by atoms with Gasteiger partial charge >= 0.3 is 0 Å². The van der Waals surface area contributed by atoms with E-state index in [1.165, 1.54) is 18.2 Å². The van der Waals surface area contributed by atoms with Crippen molar-refractivity contribution in [2.45, 2.75) is 57.0 Å². The van der Waals surface area contributed by atoms with Crippen molar-refractivity contribution in [3.05, 3.63) is 72.8 Å². The number of nitrogens with one attached hydrogen (secondary N) is 1. The molecular weight excluding hydrogens is 555 g/mol. The largest absolute Gasteiger partial charge is 0.325 e. The van der Waals surface area contributed by atoms with E-state index in [1.807, 2.05) is 25.1 Å². The van der Waals surface area contributed by atoms with Crippen molar-refractivity contribution in [1.29, 1.82) is 0 Å². The normalized spacial score (nSPS) is 16.6. The van der Waals surface area contributed by atoms with E-state index in [0.717, 1.165) is 59.5 Å². The third kappa shape index (κ3) is 6.23. The number of hydrogen-bond donors (Lipinski definition) is 1. The van der Waals surface area contributed by atoms with Gasteiger partial charge in [0.2, 0.25) is 15.9 Å². The van der Waals surface area contributed by atoms with Crippen molar-refractivity contribution in [3.63, 3.8) is 0 Å². The average Bonchev–Trinajstić information content (AvgIpc) is 3.37. The number of aryl methyl sites for hydroxylation is 1. The lowest BCUT2D eigenvalue weighted by Gasteiger charge is -2.39. The monoisotopic (exact) mass is 592 g/mol. The standard InChI is InChI=1S/C31H37FN6O3S/c1-3-5-6-9-17-36-18-19-38(42(40,41)29-13-8-7-12-25(29)32)28(22-36)31(39)34-24-14-15-27-26(20-24)35-30(37(27)4-2)23-11-10-16-33-21-23/h7-8,10-16,20-21,28H,3-6,9,17-19,22H2,1-2H3,(H,34,39)/t28-/m0/s1. The zero-order valence-corrected chi connectivity index (χ0v) is 24.9. The summed E-state index contributed by atoms with van der Waals surface area (Å²) in [5.74, 6) is -0.521. The van der Waals surface area contributed by atoms with Crippen LogP contribution in [0.15, 0.2) is 71.9 Å². The highest BCUT2D eigenvalue weighted by atomic mass is 32.2. The number of sulfonamides is 1. The summed E-state index contributed by atoms with van der Waals surface area (Å²) in [6, 6.07) is 13.6. The van der Waals surface area contributed by atoms with Gasteiger partial charge in [0.25, 0.3) is 0 Å². The molecule has 0 unspecified atom stereocenters. The summed E-state index contributed by atoms with van der Waals surface area (Å²) >= 11 is 0. The summed E-state index contributed by atoms with van der Waals surface area (Å²) < 4.78 is 45.1. The molecule has 1 amide bonds. The number of nitrogens with zero attached hydrogens (tertiary/aromatic N) is 5. The van der Waals surface area contributed by atoms with Gasteiger partial charge in [-0.1, -0.05) is 38.3 Å². The maximum absolute atomic E-state index is 14.6. The molecule has 1 N–H and O–H groups in total. The molecule has 11 heteroatoms. The highest BCUT2D eigenvalue weighted by Crippen LogP contribution is 2.28. The fourth-order valence-electron chi connectivity index (χ4n) is 5.54. The topological polar surface area (TPSA) is 100 Å². The van der Waals surface area contributed by atoms with Crippen LogP contribution in [-0.2, 0) is 21.4 Å². The van der Waals surface area contributed by atoms with E-state index in [-0.39, 0.29) is 13.1 Å². The highest BCUT2D eigenvalue weighted by Gasteiger charge is 2.41. The molecule has 4 aromatic rings. The average molecular weight is 593 g/mol. The Hall–Kier alpha value is -3.67. The van der Waals surface area contributed by atoms with Crippen LogP contribution < -0.4 is 5.32 Å². The van der Waals surface area contributed by atoms with Gasteiger partial charge in [0.1, 0.15) is 22.6 Å². The van der Waals surface area contributed by atoms with Crippen molar-refractivity contribution < 1.29 is 17.6 Å². The predicted molar refractivity (Wildman–Crippen MR) is 162 cm³/mol. The van der Waals surface area contributed by atoms with E-state index < -0.39 is 32.7 Å². The molecule has 1 fully saturated rings. The molecule has 0 spiro atoms. The van der Waals surface area contributed by atoms with E-state index in [2.05, 4.69) is 26.7 Å². The van der Waals surface area contributed by atoms with Gasteiger partial charge in [-0.25, -0.2) is 17.8 Å². The van der Waals surface area contributed by atoms with Crippen LogP contribution >= 0.6 is 0 Å². The molecule has 0 saturated carbocycles. The Bertz CT molecular complexity index is 1640. The van der Waals surface area contributed by atoms with Crippen molar-refractivity contribution in [2.75, 3.05) is 31.5 Å². The number of benzene rings is 2. The molecular formula is C31H37FN6O3S. The van der Waals surface area contributed by atoms with Gasteiger partial charge in [-0.2, -0.15) is 4.31 Å². The van der Waals surface area contributed by atoms with Gasteiger partial charge < -0.3 is 9.88 Å². The number of carbonyl (C=O) groups is 1. The lowest BCUT2D eigenvalue weighted by Crippen LogP contribution is -2.59. The summed E-state index contributed by atoms with van der Waals surface area (Å²) in [7, 11) is -4.25. The van der Waals surface area contributed by atoms with Crippen LogP contribution in [-0.4, -0.2) is 70.3 Å². The van der Waals surface area contributed by atoms with Crippen LogP contribution in [0, 0.1) is 5.82 Å². The molecule has 0 aliphatic carbocycles. The zero-order valence-electron chi connectivity index (χ0n) is 24.0. The lowest BCUT2D eigenvalue weighted by atomic mass is 10.1. The molecule has 222 valence electrons. The second-order valence-electron chi connectivity index (χ2n) is 10.5. The minimum absolute atomic E-state index is 0.0942. The zero-order chi connectivity index (χ0) is 29.7. The minimum Gasteiger partial charge on any atom is -0.325 e. The van der Waals surface area contributed by atoms with Crippen LogP contribution in [0.5, 0.6) is 0 Å². The Kier molecular flexibility index (Phi) is 9.30. The van der Waals surface area contributed by atoms with Gasteiger partial charge in [-0.15, -0.1) is 0 Å². The number of imidazole rings is 1. The van der Waals surface area contributed by atoms with Gasteiger partial charge in [0.05, 0.1) is 11.0 Å². The predicted octanol–water partition coefficient (Wildman–Crippen LogP) is 5.15. The van der Waals surface area contributed by atoms with Crippen LogP contribution in [0.4, 0.5) is 10.1 Å². The Labute approximate surface area is 246 Å². The van der Waals surface area contributed by atoms with Gasteiger partial charge in [0, 0.05) is 49.8 Å². The first-order chi connectivity index (χ1) is 20.3. The molecule has 3 heterocycles. The van der Waals surface area contributed by atoms with Crippen molar-refractivity contribution >= 4 is 32.7 Å². The fraction of sp³-hybridized carbons (Fsp3) is 0.387. The summed E-state index contributed by atoms with van der Waals surface area (Å²) in [5, 5.41) is 2.93. The van der Waals surface area contributed by atoms with Gasteiger partial charge in [-0.05, 0) is 62.4 Å². The van der Waals surface area contributed by atoms with Crippen LogP contribution in [0.2, 0.25) is 0 Å². The minimum atomic E-state index is -4.25. The SMILES string of the molecule is CCCCCCN1CCN(S(=O)(=O)c2ccccc2F)[C@H](C(=O)Nc2ccc3c(c2)nc(-c2cccnc2)n3CC)C1. The van der Waals surface area contributed by atoms with E-state index in [1.54, 1.807) is 24.5 Å². The number of fused-ring (bicyclic) bond motifs is 1. The van der Waals surface area contributed by atoms with Crippen LogP contribution in [0.25, 0.3) is 22.4 Å². The van der Waals surface area contributed by atoms with Crippen LogP contribution in [0.3, 0.4) is 0 Å². The Morgan fingerprint density at radius 2 is 1.88 bits per heavy atom. The number of unbranched alkanes of at least 4 members (excludes halogenated alkanes) is 3. The number of aromatic nitrogens is 3. The quantitative estimate of drug-likeness (QED) is 0.242. The first-order valence-corrected chi connectivity index (χ1v) is 16.0. The number of halogens is 1. The summed E-state index contributed by atoms with van der Waals surface area (Å²) in [5.41, 5.74) is 3.00. The van der Waals surface area contributed by atoms with E-state index in [4.69, 9.17) is 4.98 Å². The number of carbonyl (C=O) groups excluding carboxylic acids is 1. The molecule has 1 aliphatic heterocycles. The fourth-order valence-corrected chi connectivity index (χ4v) is 7.18. The summed E-state index contributed by atoms with van der Waals surface area (Å²) in [6.45, 7) is 6.46. The van der Waals surface area contributed by atoms with E-state index >= 15 is 0 Å². The van der Waals surface area contributed by atoms with Crippen molar-refractivity contribution in [2.24, 2.45) is 0 Å². The van der Waals surface area contributed by atoms with Gasteiger partial charge in [-0.3, -0.25) is 14.7 Å². The summed E-state index contributed by atoms with van der Waals surface area (Å²) in [6.07, 6.45) is 7.76. The number of anilines is 1. The number of hydrogen-bond acceptors (Lipinski definition) is 6. The molecule has 1 atom stereocenters. The molecule has 2 aromatic carbocycles. The number of rotatable bonds is 11. The molecule has 9 nitrogen and oxygen atoms in total. The van der Waals surface area contributed by atoms with Crippen molar-refractivity contribution in [1.82, 2.24) is 23.7 Å². The van der Waals surface area contributed by atoms with E-state index in [9.17, 15) is 17.6 Å².